The lowest BCUT2D eigenvalue weighted by Gasteiger charge is -2.32. The molecule has 6 nitrogen and oxygen atoms in total. The predicted octanol–water partition coefficient (Wildman–Crippen LogP) is 2.11. The molecule has 0 bridgehead atoms. The minimum Gasteiger partial charge on any atom is -0.384 e. The van der Waals surface area contributed by atoms with E-state index >= 15 is 0 Å². The standard InChI is InChI=1S/C13H17ClN4O2S/c1-20-7-4-11(19)18-5-2-9(3-6-18)16-13-10(8-15)12(14)17-21-13/h9,16H,2-7H2,1H3. The monoisotopic (exact) mass is 328 g/mol. The van der Waals surface area contributed by atoms with Crippen molar-refractivity contribution in [3.05, 3.63) is 10.7 Å². The summed E-state index contributed by atoms with van der Waals surface area (Å²) in [6.07, 6.45) is 2.12. The molecule has 0 atom stereocenters. The van der Waals surface area contributed by atoms with E-state index in [0.717, 1.165) is 12.8 Å². The van der Waals surface area contributed by atoms with Crippen LogP contribution in [0, 0.1) is 11.3 Å². The number of hydrogen-bond acceptors (Lipinski definition) is 6. The lowest BCUT2D eigenvalue weighted by molar-refractivity contribution is -0.133. The molecule has 1 aromatic heterocycles. The fraction of sp³-hybridized carbons (Fsp3) is 0.615. The molecule has 8 heteroatoms. The van der Waals surface area contributed by atoms with Gasteiger partial charge in [0.15, 0.2) is 5.15 Å². The van der Waals surface area contributed by atoms with Gasteiger partial charge in [0.2, 0.25) is 5.91 Å². The molecule has 0 aliphatic carbocycles. The Bertz CT molecular complexity index is 535. The van der Waals surface area contributed by atoms with Crippen molar-refractivity contribution in [3.8, 4) is 6.07 Å². The molecule has 0 spiro atoms. The first-order valence-corrected chi connectivity index (χ1v) is 7.89. The number of carbonyl (C=O) groups excluding carboxylic acids is 1. The maximum Gasteiger partial charge on any atom is 0.224 e. The van der Waals surface area contributed by atoms with Gasteiger partial charge in [-0.3, -0.25) is 4.79 Å². The summed E-state index contributed by atoms with van der Waals surface area (Å²) < 4.78 is 8.90. The highest BCUT2D eigenvalue weighted by Crippen LogP contribution is 2.29. The Kier molecular flexibility index (Phi) is 5.79. The number of nitrogens with one attached hydrogen (secondary N) is 1. The number of nitriles is 1. The number of methoxy groups -OCH3 is 1. The number of halogens is 1. The molecule has 2 rings (SSSR count). The minimum atomic E-state index is 0.133. The van der Waals surface area contributed by atoms with Gasteiger partial charge >= 0.3 is 0 Å². The van der Waals surface area contributed by atoms with Gasteiger partial charge in [0.1, 0.15) is 16.6 Å². The van der Waals surface area contributed by atoms with Crippen LogP contribution in [0.3, 0.4) is 0 Å². The van der Waals surface area contributed by atoms with Gasteiger partial charge in [0.25, 0.3) is 0 Å². The lowest BCUT2D eigenvalue weighted by atomic mass is 10.0. The van der Waals surface area contributed by atoms with Crippen LogP contribution in [-0.4, -0.2) is 48.0 Å². The number of hydrogen-bond donors (Lipinski definition) is 1. The molecule has 1 N–H and O–H groups in total. The summed E-state index contributed by atoms with van der Waals surface area (Å²) in [5.41, 5.74) is 0.403. The van der Waals surface area contributed by atoms with Gasteiger partial charge in [0, 0.05) is 26.2 Å². The van der Waals surface area contributed by atoms with E-state index in [1.165, 1.54) is 11.5 Å². The smallest absolute Gasteiger partial charge is 0.224 e. The largest absolute Gasteiger partial charge is 0.384 e. The van der Waals surface area contributed by atoms with Gasteiger partial charge in [-0.25, -0.2) is 0 Å². The molecule has 0 unspecified atom stereocenters. The van der Waals surface area contributed by atoms with E-state index < -0.39 is 0 Å². The topological polar surface area (TPSA) is 78.2 Å². The molecule has 1 aliphatic heterocycles. The number of amides is 1. The van der Waals surface area contributed by atoms with Crippen LogP contribution in [0.1, 0.15) is 24.8 Å². The van der Waals surface area contributed by atoms with E-state index in [1.807, 2.05) is 4.90 Å². The maximum absolute atomic E-state index is 11.9. The number of likely N-dealkylation sites (tertiary alicyclic amines) is 1. The van der Waals surface area contributed by atoms with Crippen molar-refractivity contribution >= 4 is 34.0 Å². The Balaban J connectivity index is 1.84. The molecule has 1 saturated heterocycles. The van der Waals surface area contributed by atoms with Crippen molar-refractivity contribution < 1.29 is 9.53 Å². The van der Waals surface area contributed by atoms with Crippen molar-refractivity contribution in [2.24, 2.45) is 0 Å². The third-order valence-corrected chi connectivity index (χ3v) is 4.62. The van der Waals surface area contributed by atoms with Crippen LogP contribution in [0.4, 0.5) is 5.00 Å². The molecule has 0 aromatic carbocycles. The highest BCUT2D eigenvalue weighted by atomic mass is 35.5. The highest BCUT2D eigenvalue weighted by Gasteiger charge is 2.24. The van der Waals surface area contributed by atoms with Gasteiger partial charge in [0.05, 0.1) is 13.0 Å². The second-order valence-electron chi connectivity index (χ2n) is 4.83. The number of aromatic nitrogens is 1. The van der Waals surface area contributed by atoms with Crippen LogP contribution in [0.2, 0.25) is 5.15 Å². The van der Waals surface area contributed by atoms with E-state index in [2.05, 4.69) is 15.8 Å². The fourth-order valence-corrected chi connectivity index (χ4v) is 3.28. The van der Waals surface area contributed by atoms with Gasteiger partial charge < -0.3 is 15.0 Å². The van der Waals surface area contributed by atoms with Crippen LogP contribution < -0.4 is 5.32 Å². The summed E-state index contributed by atoms with van der Waals surface area (Å²) in [7, 11) is 1.59. The Morgan fingerprint density at radius 3 is 2.95 bits per heavy atom. The predicted molar refractivity (Wildman–Crippen MR) is 81.6 cm³/mol. The van der Waals surface area contributed by atoms with Crippen LogP contribution in [0.15, 0.2) is 0 Å². The first-order valence-electron chi connectivity index (χ1n) is 6.74. The average molecular weight is 329 g/mol. The summed E-state index contributed by atoms with van der Waals surface area (Å²) in [6.45, 7) is 1.89. The molecule has 1 aliphatic rings. The average Bonchev–Trinajstić information content (AvgIpc) is 2.85. The van der Waals surface area contributed by atoms with E-state index in [4.69, 9.17) is 21.6 Å². The molecule has 1 amide bonds. The first-order chi connectivity index (χ1) is 10.2. The Morgan fingerprint density at radius 2 is 2.33 bits per heavy atom. The van der Waals surface area contributed by atoms with Gasteiger partial charge in [-0.1, -0.05) is 11.6 Å². The molecule has 0 saturated carbocycles. The van der Waals surface area contributed by atoms with Crippen molar-refractivity contribution in [1.82, 2.24) is 9.27 Å². The number of rotatable bonds is 5. The quantitative estimate of drug-likeness (QED) is 0.895. The second kappa shape index (κ2) is 7.59. The molecule has 21 heavy (non-hydrogen) atoms. The zero-order valence-corrected chi connectivity index (χ0v) is 13.3. The van der Waals surface area contributed by atoms with Crippen molar-refractivity contribution in [2.75, 3.05) is 32.1 Å². The van der Waals surface area contributed by atoms with Crippen molar-refractivity contribution in [2.45, 2.75) is 25.3 Å². The van der Waals surface area contributed by atoms with Crippen LogP contribution in [-0.2, 0) is 9.53 Å². The van der Waals surface area contributed by atoms with Crippen LogP contribution in [0.25, 0.3) is 0 Å². The van der Waals surface area contributed by atoms with Gasteiger partial charge in [-0.05, 0) is 24.4 Å². The number of ether oxygens (including phenoxy) is 1. The van der Waals surface area contributed by atoms with Crippen LogP contribution >= 0.6 is 23.1 Å². The highest BCUT2D eigenvalue weighted by molar-refractivity contribution is 7.10. The fourth-order valence-electron chi connectivity index (χ4n) is 2.27. The van der Waals surface area contributed by atoms with Gasteiger partial charge in [-0.2, -0.15) is 9.64 Å². The van der Waals surface area contributed by atoms with E-state index in [9.17, 15) is 4.79 Å². The molecular weight excluding hydrogens is 312 g/mol. The summed E-state index contributed by atoms with van der Waals surface area (Å²) in [5.74, 6) is 0.133. The number of anilines is 1. The van der Waals surface area contributed by atoms with Gasteiger partial charge in [-0.15, -0.1) is 0 Å². The molecular formula is C13H17ClN4O2S. The second-order valence-corrected chi connectivity index (χ2v) is 5.96. The normalized spacial score (nSPS) is 15.8. The Morgan fingerprint density at radius 1 is 1.62 bits per heavy atom. The number of carbonyl (C=O) groups is 1. The van der Waals surface area contributed by atoms with Crippen molar-refractivity contribution in [1.29, 1.82) is 5.26 Å². The molecule has 1 aromatic rings. The third-order valence-electron chi connectivity index (χ3n) is 3.47. The SMILES string of the molecule is COCCC(=O)N1CCC(Nc2snc(Cl)c2C#N)CC1. The van der Waals surface area contributed by atoms with Crippen molar-refractivity contribution in [3.63, 3.8) is 0 Å². The third kappa shape index (κ3) is 4.06. The van der Waals surface area contributed by atoms with E-state index in [-0.39, 0.29) is 17.1 Å². The molecule has 2 heterocycles. The Hall–Kier alpha value is -1.36. The number of nitrogens with zero attached hydrogens (tertiary/aromatic N) is 3. The summed E-state index contributed by atoms with van der Waals surface area (Å²) in [6, 6.07) is 2.29. The van der Waals surface area contributed by atoms with E-state index in [0.29, 0.717) is 36.7 Å². The van der Waals surface area contributed by atoms with E-state index in [1.54, 1.807) is 7.11 Å². The molecule has 114 valence electrons. The summed E-state index contributed by atoms with van der Waals surface area (Å²) in [5, 5.41) is 13.3. The zero-order chi connectivity index (χ0) is 15.2. The summed E-state index contributed by atoms with van der Waals surface area (Å²) >= 11 is 7.05. The summed E-state index contributed by atoms with van der Waals surface area (Å²) in [4.78, 5) is 13.7. The zero-order valence-electron chi connectivity index (χ0n) is 11.8. The first kappa shape index (κ1) is 16.0. The molecule has 0 radical (unpaired) electrons. The molecule has 1 fully saturated rings. The lowest BCUT2D eigenvalue weighted by Crippen LogP contribution is -2.42. The Labute approximate surface area is 132 Å². The van der Waals surface area contributed by atoms with Crippen LogP contribution in [0.5, 0.6) is 0 Å². The number of piperidine rings is 1. The maximum atomic E-state index is 11.9. The minimum absolute atomic E-state index is 0.133.